The molecule has 0 amide bonds. The normalized spacial score (nSPS) is 12.9. The number of aromatic nitrogens is 2. The van der Waals surface area contributed by atoms with Gasteiger partial charge >= 0.3 is 0 Å². The largest absolute Gasteiger partial charge is 0.266 e. The Balaban J connectivity index is 1.98. The average molecular weight is 482 g/mol. The third-order valence-electron chi connectivity index (χ3n) is 7.50. The second-order valence-electron chi connectivity index (χ2n) is 12.6. The molecule has 0 fully saturated rings. The SMILES string of the molecule is Cc1c(-c2c3ccc([Si](C)(C)c4ccccn4)cc3cc[n+]2C)cc(C(C)(C)C)cc1C(C)(C)C. The van der Waals surface area contributed by atoms with Gasteiger partial charge in [0.2, 0.25) is 5.69 Å². The molecule has 2 heterocycles. The fourth-order valence-corrected chi connectivity index (χ4v) is 7.37. The van der Waals surface area contributed by atoms with Crippen molar-refractivity contribution in [2.24, 2.45) is 7.05 Å². The van der Waals surface area contributed by atoms with Gasteiger partial charge in [-0.15, -0.1) is 0 Å². The second kappa shape index (κ2) is 8.71. The molecule has 2 aromatic carbocycles. The zero-order valence-electron chi connectivity index (χ0n) is 23.2. The predicted octanol–water partition coefficient (Wildman–Crippen LogP) is 6.45. The molecule has 0 radical (unpaired) electrons. The highest BCUT2D eigenvalue weighted by Crippen LogP contribution is 2.38. The summed E-state index contributed by atoms with van der Waals surface area (Å²) in [5, 5.41) is 5.24. The van der Waals surface area contributed by atoms with Crippen molar-refractivity contribution in [3.63, 3.8) is 0 Å². The summed E-state index contributed by atoms with van der Waals surface area (Å²) in [6.45, 7) is 21.0. The molecule has 3 heteroatoms. The van der Waals surface area contributed by atoms with Gasteiger partial charge in [-0.2, -0.15) is 0 Å². The summed E-state index contributed by atoms with van der Waals surface area (Å²) in [5.74, 6) is 0. The van der Waals surface area contributed by atoms with Crippen LogP contribution in [0.4, 0.5) is 0 Å². The standard InChI is InChI=1S/C32H41N2Si/c1-22-27(20-24(31(2,3)4)21-28(22)32(5,6)7)30-26-15-14-25(19-23(26)16-18-34(30)8)35(9,10)29-13-11-12-17-33-29/h11-21H,1-10H3/q+1. The van der Waals surface area contributed by atoms with Gasteiger partial charge in [-0.1, -0.05) is 84.1 Å². The van der Waals surface area contributed by atoms with E-state index in [0.29, 0.717) is 0 Å². The van der Waals surface area contributed by atoms with Gasteiger partial charge in [0.15, 0.2) is 6.20 Å². The third kappa shape index (κ3) is 4.71. The molecule has 0 N–H and O–H groups in total. The molecule has 182 valence electrons. The zero-order chi connectivity index (χ0) is 25.8. The highest BCUT2D eigenvalue weighted by molar-refractivity contribution is 7.00. The Bertz CT molecular complexity index is 1390. The van der Waals surface area contributed by atoms with E-state index in [1.165, 1.54) is 49.2 Å². The van der Waals surface area contributed by atoms with Crippen molar-refractivity contribution in [1.29, 1.82) is 0 Å². The number of pyridine rings is 2. The Morgan fingerprint density at radius 2 is 1.54 bits per heavy atom. The minimum atomic E-state index is -1.88. The first kappa shape index (κ1) is 25.3. The molecule has 0 atom stereocenters. The van der Waals surface area contributed by atoms with Crippen LogP contribution in [0.1, 0.15) is 58.2 Å². The Morgan fingerprint density at radius 3 is 2.14 bits per heavy atom. The summed E-state index contributed by atoms with van der Waals surface area (Å²) in [5.41, 5.74) is 6.98. The number of rotatable bonds is 3. The topological polar surface area (TPSA) is 16.8 Å². The minimum absolute atomic E-state index is 0.0781. The van der Waals surface area contributed by atoms with Gasteiger partial charge in [-0.25, -0.2) is 4.57 Å². The fraction of sp³-hybridized carbons (Fsp3) is 0.375. The first-order chi connectivity index (χ1) is 16.2. The van der Waals surface area contributed by atoms with Crippen molar-refractivity contribution in [1.82, 2.24) is 4.98 Å². The highest BCUT2D eigenvalue weighted by atomic mass is 28.3. The molecule has 0 saturated heterocycles. The van der Waals surface area contributed by atoms with Crippen molar-refractivity contribution in [2.75, 3.05) is 0 Å². The molecule has 4 rings (SSSR count). The van der Waals surface area contributed by atoms with Crippen LogP contribution in [-0.2, 0) is 17.9 Å². The molecular weight excluding hydrogens is 440 g/mol. The average Bonchev–Trinajstić information content (AvgIpc) is 2.78. The minimum Gasteiger partial charge on any atom is -0.266 e. The lowest BCUT2D eigenvalue weighted by Gasteiger charge is -2.28. The quantitative estimate of drug-likeness (QED) is 0.243. The van der Waals surface area contributed by atoms with Gasteiger partial charge in [0.1, 0.15) is 15.1 Å². The Hall–Kier alpha value is -2.78. The summed E-state index contributed by atoms with van der Waals surface area (Å²) < 4.78 is 2.30. The molecule has 0 bridgehead atoms. The van der Waals surface area contributed by atoms with Crippen molar-refractivity contribution < 1.29 is 4.57 Å². The van der Waals surface area contributed by atoms with E-state index in [1.807, 2.05) is 12.3 Å². The first-order valence-corrected chi connectivity index (χ1v) is 15.7. The van der Waals surface area contributed by atoms with Crippen LogP contribution >= 0.6 is 0 Å². The molecule has 0 aliphatic rings. The van der Waals surface area contributed by atoms with E-state index in [-0.39, 0.29) is 10.8 Å². The lowest BCUT2D eigenvalue weighted by atomic mass is 9.76. The second-order valence-corrected chi connectivity index (χ2v) is 17.0. The number of nitrogens with zero attached hydrogens (tertiary/aromatic N) is 2. The zero-order valence-corrected chi connectivity index (χ0v) is 24.2. The van der Waals surface area contributed by atoms with Crippen LogP contribution in [0.25, 0.3) is 22.0 Å². The van der Waals surface area contributed by atoms with Gasteiger partial charge in [-0.05, 0) is 64.1 Å². The van der Waals surface area contributed by atoms with Gasteiger partial charge in [0.05, 0.1) is 10.9 Å². The van der Waals surface area contributed by atoms with Crippen LogP contribution in [-0.4, -0.2) is 13.1 Å². The van der Waals surface area contributed by atoms with Crippen LogP contribution in [0.2, 0.25) is 13.1 Å². The van der Waals surface area contributed by atoms with Crippen LogP contribution in [0, 0.1) is 6.92 Å². The molecular formula is C32H41N2Si+. The predicted molar refractivity (Wildman–Crippen MR) is 154 cm³/mol. The van der Waals surface area contributed by atoms with Crippen molar-refractivity contribution in [3.8, 4) is 11.3 Å². The lowest BCUT2D eigenvalue weighted by molar-refractivity contribution is -0.659. The maximum atomic E-state index is 4.72. The Morgan fingerprint density at radius 1 is 0.829 bits per heavy atom. The van der Waals surface area contributed by atoms with E-state index in [2.05, 4.69) is 128 Å². The van der Waals surface area contributed by atoms with E-state index in [9.17, 15) is 0 Å². The highest BCUT2D eigenvalue weighted by Gasteiger charge is 2.30. The van der Waals surface area contributed by atoms with E-state index in [1.54, 1.807) is 0 Å². The van der Waals surface area contributed by atoms with Gasteiger partial charge in [0, 0.05) is 17.6 Å². The first-order valence-electron chi connectivity index (χ1n) is 12.7. The van der Waals surface area contributed by atoms with E-state index in [4.69, 9.17) is 4.98 Å². The molecule has 35 heavy (non-hydrogen) atoms. The molecule has 4 aromatic rings. The van der Waals surface area contributed by atoms with E-state index < -0.39 is 8.07 Å². The van der Waals surface area contributed by atoms with Crippen molar-refractivity contribution >= 4 is 29.4 Å². The van der Waals surface area contributed by atoms with Crippen LogP contribution in [0.3, 0.4) is 0 Å². The maximum absolute atomic E-state index is 4.72. The molecule has 2 nitrogen and oxygen atoms in total. The molecule has 0 aliphatic carbocycles. The summed E-state index contributed by atoms with van der Waals surface area (Å²) in [7, 11) is 0.296. The molecule has 0 unspecified atom stereocenters. The van der Waals surface area contributed by atoms with Crippen LogP contribution in [0.15, 0.2) is 67.0 Å². The van der Waals surface area contributed by atoms with E-state index >= 15 is 0 Å². The number of fused-ring (bicyclic) bond motifs is 1. The third-order valence-corrected chi connectivity index (χ3v) is 10.8. The van der Waals surface area contributed by atoms with Gasteiger partial charge in [-0.3, -0.25) is 4.98 Å². The molecule has 2 aromatic heterocycles. The molecule has 0 saturated carbocycles. The Labute approximate surface area is 213 Å². The number of aryl methyl sites for hydroxylation is 1. The lowest BCUT2D eigenvalue weighted by Crippen LogP contribution is -2.54. The van der Waals surface area contributed by atoms with Gasteiger partial charge in [0.25, 0.3) is 0 Å². The maximum Gasteiger partial charge on any atom is 0.220 e. The summed E-state index contributed by atoms with van der Waals surface area (Å²) in [4.78, 5) is 4.72. The summed E-state index contributed by atoms with van der Waals surface area (Å²) in [6.07, 6.45) is 4.14. The molecule has 0 aliphatic heterocycles. The van der Waals surface area contributed by atoms with Crippen molar-refractivity contribution in [3.05, 3.63) is 83.7 Å². The summed E-state index contributed by atoms with van der Waals surface area (Å²) >= 11 is 0. The van der Waals surface area contributed by atoms with Crippen LogP contribution < -0.4 is 15.1 Å². The number of hydrogen-bond donors (Lipinski definition) is 0. The smallest absolute Gasteiger partial charge is 0.220 e. The van der Waals surface area contributed by atoms with Gasteiger partial charge < -0.3 is 0 Å². The monoisotopic (exact) mass is 481 g/mol. The van der Waals surface area contributed by atoms with Crippen molar-refractivity contribution in [2.45, 2.75) is 72.4 Å². The number of benzene rings is 2. The number of hydrogen-bond acceptors (Lipinski definition) is 1. The molecule has 0 spiro atoms. The van der Waals surface area contributed by atoms with E-state index in [0.717, 1.165) is 0 Å². The fourth-order valence-electron chi connectivity index (χ4n) is 5.15. The summed E-state index contributed by atoms with van der Waals surface area (Å²) in [6, 6.07) is 20.5. The Kier molecular flexibility index (Phi) is 6.30. The van der Waals surface area contributed by atoms with Crippen LogP contribution in [0.5, 0.6) is 0 Å².